The summed E-state index contributed by atoms with van der Waals surface area (Å²) in [6.07, 6.45) is 8.04. The molecule has 0 atom stereocenters. The molecular formula is C13H9ClN6OS2. The van der Waals surface area contributed by atoms with Gasteiger partial charge in [-0.1, -0.05) is 23.4 Å². The predicted molar refractivity (Wildman–Crippen MR) is 87.6 cm³/mol. The topological polar surface area (TPSA) is 86.5 Å². The number of hydrogen-bond acceptors (Lipinski definition) is 8. The average molecular weight is 365 g/mol. The molecule has 0 aliphatic carbocycles. The highest BCUT2D eigenvalue weighted by Crippen LogP contribution is 2.28. The van der Waals surface area contributed by atoms with Gasteiger partial charge in [-0.05, 0) is 23.9 Å². The highest BCUT2D eigenvalue weighted by atomic mass is 35.5. The molecule has 0 amide bonds. The third-order valence-electron chi connectivity index (χ3n) is 2.55. The standard InChI is InChI=1S/C13H9ClN6OS2/c14-10-9(23-13-17-5-2-6-18-13)7-19-20(11(10)21)8-22-12-15-3-1-4-16-12/h1-7H,8H2. The number of nitrogens with zero attached hydrogens (tertiary/aromatic N) is 6. The minimum absolute atomic E-state index is 0.0898. The maximum Gasteiger partial charge on any atom is 0.287 e. The summed E-state index contributed by atoms with van der Waals surface area (Å²) in [4.78, 5) is 29.1. The highest BCUT2D eigenvalue weighted by molar-refractivity contribution is 7.99. The SMILES string of the molecule is O=c1c(Cl)c(Sc2ncccn2)cnn1CSc1ncccn1. The van der Waals surface area contributed by atoms with Gasteiger partial charge in [-0.15, -0.1) is 0 Å². The second-order valence-electron chi connectivity index (χ2n) is 4.07. The molecule has 23 heavy (non-hydrogen) atoms. The monoisotopic (exact) mass is 364 g/mol. The molecule has 0 fully saturated rings. The largest absolute Gasteiger partial charge is 0.287 e. The van der Waals surface area contributed by atoms with Gasteiger partial charge in [0.05, 0.1) is 17.0 Å². The van der Waals surface area contributed by atoms with Crippen molar-refractivity contribution >= 4 is 35.1 Å². The molecule has 3 aromatic rings. The Morgan fingerprint density at radius 2 is 1.61 bits per heavy atom. The van der Waals surface area contributed by atoms with Gasteiger partial charge in [0, 0.05) is 24.8 Å². The lowest BCUT2D eigenvalue weighted by molar-refractivity contribution is 0.681. The van der Waals surface area contributed by atoms with Crippen LogP contribution in [0, 0.1) is 0 Å². The second-order valence-corrected chi connectivity index (χ2v) is 6.36. The Labute approximate surface area is 144 Å². The van der Waals surface area contributed by atoms with E-state index in [0.29, 0.717) is 15.2 Å². The Bertz CT molecular complexity index is 846. The zero-order chi connectivity index (χ0) is 16.1. The first-order valence-electron chi connectivity index (χ1n) is 6.34. The molecule has 0 aliphatic heterocycles. The van der Waals surface area contributed by atoms with Gasteiger partial charge in [-0.3, -0.25) is 4.79 Å². The van der Waals surface area contributed by atoms with E-state index in [-0.39, 0.29) is 16.5 Å². The molecule has 0 N–H and O–H groups in total. The number of rotatable bonds is 5. The van der Waals surface area contributed by atoms with E-state index in [9.17, 15) is 4.79 Å². The van der Waals surface area contributed by atoms with Crippen molar-refractivity contribution in [3.05, 3.63) is 58.5 Å². The summed E-state index contributed by atoms with van der Waals surface area (Å²) in [5, 5.41) is 5.27. The van der Waals surface area contributed by atoms with Crippen molar-refractivity contribution in [2.75, 3.05) is 0 Å². The summed E-state index contributed by atoms with van der Waals surface area (Å²) in [7, 11) is 0. The van der Waals surface area contributed by atoms with Crippen LogP contribution in [0.3, 0.4) is 0 Å². The second kappa shape index (κ2) is 7.53. The Hall–Kier alpha value is -1.97. The molecule has 10 heteroatoms. The molecule has 7 nitrogen and oxygen atoms in total. The van der Waals surface area contributed by atoms with Gasteiger partial charge in [-0.25, -0.2) is 24.6 Å². The Morgan fingerprint density at radius 1 is 1.00 bits per heavy atom. The summed E-state index contributed by atoms with van der Waals surface area (Å²) in [5.74, 6) is 0.273. The van der Waals surface area contributed by atoms with E-state index in [1.807, 2.05) is 0 Å². The minimum Gasteiger partial charge on any atom is -0.266 e. The van der Waals surface area contributed by atoms with Gasteiger partial charge in [0.25, 0.3) is 5.56 Å². The number of aromatic nitrogens is 6. The molecular weight excluding hydrogens is 356 g/mol. The molecule has 0 saturated carbocycles. The molecule has 0 spiro atoms. The van der Waals surface area contributed by atoms with Gasteiger partial charge in [0.15, 0.2) is 10.3 Å². The first kappa shape index (κ1) is 15.9. The first-order chi connectivity index (χ1) is 11.2. The van der Waals surface area contributed by atoms with Gasteiger partial charge >= 0.3 is 0 Å². The summed E-state index contributed by atoms with van der Waals surface area (Å²) in [6.45, 7) is 0. The van der Waals surface area contributed by atoms with E-state index in [0.717, 1.165) is 0 Å². The van der Waals surface area contributed by atoms with E-state index >= 15 is 0 Å². The predicted octanol–water partition coefficient (Wildman–Crippen LogP) is 2.38. The van der Waals surface area contributed by atoms with Crippen LogP contribution in [0.2, 0.25) is 5.02 Å². The number of thioether (sulfide) groups is 1. The van der Waals surface area contributed by atoms with Crippen LogP contribution in [0.4, 0.5) is 0 Å². The van der Waals surface area contributed by atoms with Crippen molar-refractivity contribution in [1.29, 1.82) is 0 Å². The Balaban J connectivity index is 1.76. The molecule has 0 aromatic carbocycles. The third-order valence-corrected chi connectivity index (χ3v) is 4.80. The molecule has 3 aromatic heterocycles. The van der Waals surface area contributed by atoms with E-state index in [1.165, 1.54) is 34.4 Å². The highest BCUT2D eigenvalue weighted by Gasteiger charge is 2.12. The molecule has 0 unspecified atom stereocenters. The van der Waals surface area contributed by atoms with Gasteiger partial charge < -0.3 is 0 Å². The molecule has 0 aliphatic rings. The average Bonchev–Trinajstić information content (AvgIpc) is 2.60. The summed E-state index contributed by atoms with van der Waals surface area (Å²) in [5.41, 5.74) is -0.379. The van der Waals surface area contributed by atoms with Crippen LogP contribution in [-0.2, 0) is 5.88 Å². The molecule has 3 heterocycles. The fourth-order valence-corrected chi connectivity index (χ4v) is 3.18. The van der Waals surface area contributed by atoms with Crippen molar-refractivity contribution < 1.29 is 0 Å². The lowest BCUT2D eigenvalue weighted by Gasteiger charge is -2.06. The number of halogens is 1. The van der Waals surface area contributed by atoms with E-state index in [2.05, 4.69) is 25.0 Å². The quantitative estimate of drug-likeness (QED) is 0.503. The lowest BCUT2D eigenvalue weighted by atomic mass is 10.6. The van der Waals surface area contributed by atoms with Crippen LogP contribution in [0.5, 0.6) is 0 Å². The van der Waals surface area contributed by atoms with Crippen LogP contribution in [-0.4, -0.2) is 29.7 Å². The smallest absolute Gasteiger partial charge is 0.266 e. The fourth-order valence-electron chi connectivity index (χ4n) is 1.53. The van der Waals surface area contributed by atoms with Crippen molar-refractivity contribution in [2.45, 2.75) is 21.1 Å². The van der Waals surface area contributed by atoms with E-state index < -0.39 is 0 Å². The summed E-state index contributed by atoms with van der Waals surface area (Å²) >= 11 is 8.62. The maximum atomic E-state index is 12.3. The van der Waals surface area contributed by atoms with Crippen LogP contribution in [0.15, 0.2) is 63.1 Å². The molecule has 3 rings (SSSR count). The van der Waals surface area contributed by atoms with Gasteiger partial charge in [-0.2, -0.15) is 5.10 Å². The van der Waals surface area contributed by atoms with Crippen LogP contribution in [0.25, 0.3) is 0 Å². The summed E-state index contributed by atoms with van der Waals surface area (Å²) < 4.78 is 1.26. The van der Waals surface area contributed by atoms with E-state index in [4.69, 9.17) is 11.6 Å². The van der Waals surface area contributed by atoms with E-state index in [1.54, 1.807) is 36.9 Å². The lowest BCUT2D eigenvalue weighted by Crippen LogP contribution is -2.22. The van der Waals surface area contributed by atoms with Crippen LogP contribution < -0.4 is 5.56 Å². The Kier molecular flexibility index (Phi) is 5.21. The molecule has 0 saturated heterocycles. The zero-order valence-corrected chi connectivity index (χ0v) is 13.9. The Morgan fingerprint density at radius 3 is 2.26 bits per heavy atom. The zero-order valence-electron chi connectivity index (χ0n) is 11.5. The molecule has 0 bridgehead atoms. The first-order valence-corrected chi connectivity index (χ1v) is 8.52. The van der Waals surface area contributed by atoms with Crippen molar-refractivity contribution in [2.24, 2.45) is 0 Å². The van der Waals surface area contributed by atoms with Crippen LogP contribution >= 0.6 is 35.1 Å². The van der Waals surface area contributed by atoms with Crippen LogP contribution in [0.1, 0.15) is 0 Å². The third kappa shape index (κ3) is 4.06. The van der Waals surface area contributed by atoms with Crippen molar-refractivity contribution in [1.82, 2.24) is 29.7 Å². The van der Waals surface area contributed by atoms with Crippen molar-refractivity contribution in [3.63, 3.8) is 0 Å². The normalized spacial score (nSPS) is 10.7. The summed E-state index contributed by atoms with van der Waals surface area (Å²) in [6, 6.07) is 3.44. The molecule has 0 radical (unpaired) electrons. The van der Waals surface area contributed by atoms with Gasteiger partial charge in [0.2, 0.25) is 0 Å². The van der Waals surface area contributed by atoms with Crippen molar-refractivity contribution in [3.8, 4) is 0 Å². The molecule has 116 valence electrons. The van der Waals surface area contributed by atoms with Gasteiger partial charge in [0.1, 0.15) is 5.02 Å². The fraction of sp³-hybridized carbons (Fsp3) is 0.0769. The minimum atomic E-state index is -0.379. The maximum absolute atomic E-state index is 12.3. The number of hydrogen-bond donors (Lipinski definition) is 0.